The number of hydrogen-bond donors (Lipinski definition) is 2. The van der Waals surface area contributed by atoms with Gasteiger partial charge >= 0.3 is 0 Å². The van der Waals surface area contributed by atoms with Crippen LogP contribution < -0.4 is 10.6 Å². The maximum atomic E-state index is 12.3. The molecule has 4 rings (SSSR count). The van der Waals surface area contributed by atoms with Gasteiger partial charge in [-0.1, -0.05) is 19.1 Å². The van der Waals surface area contributed by atoms with Crippen LogP contribution >= 0.6 is 45.3 Å². The zero-order chi connectivity index (χ0) is 21.6. The number of carbonyl (C=O) groups is 2. The predicted octanol–water partition coefficient (Wildman–Crippen LogP) is 6.44. The molecule has 0 saturated carbocycles. The van der Waals surface area contributed by atoms with Crippen LogP contribution in [0.1, 0.15) is 26.2 Å². The molecule has 4 aromatic heterocycles. The summed E-state index contributed by atoms with van der Waals surface area (Å²) in [4.78, 5) is 35.7. The standard InChI is InChI=1S/C21H20N4O2S4/c1-13(10-19(27)25-21-23-15(12-31-21)17-5-3-9-29-17)6-7-18(26)24-20-22-14(11-30-20)16-4-2-8-28-16/h2-5,8-9,11-13H,6-7,10H2,1H3,(H,22,24,26)(H,23,25,27). The summed E-state index contributed by atoms with van der Waals surface area (Å²) in [6.45, 7) is 1.98. The monoisotopic (exact) mass is 488 g/mol. The fourth-order valence-corrected chi connectivity index (χ4v) is 5.86. The number of thiophene rings is 2. The van der Waals surface area contributed by atoms with E-state index >= 15 is 0 Å². The predicted molar refractivity (Wildman–Crippen MR) is 131 cm³/mol. The molecule has 6 nitrogen and oxygen atoms in total. The van der Waals surface area contributed by atoms with E-state index in [1.807, 2.05) is 52.7 Å². The van der Waals surface area contributed by atoms with Gasteiger partial charge in [0.1, 0.15) is 0 Å². The normalized spacial score (nSPS) is 11.9. The van der Waals surface area contributed by atoms with E-state index in [1.165, 1.54) is 22.7 Å². The Morgan fingerprint density at radius 2 is 1.42 bits per heavy atom. The summed E-state index contributed by atoms with van der Waals surface area (Å²) < 4.78 is 0. The van der Waals surface area contributed by atoms with Crippen molar-refractivity contribution < 1.29 is 9.59 Å². The maximum Gasteiger partial charge on any atom is 0.226 e. The third-order valence-corrected chi connectivity index (χ3v) is 7.75. The van der Waals surface area contributed by atoms with Crippen LogP contribution in [0.5, 0.6) is 0 Å². The number of aromatic nitrogens is 2. The molecule has 2 N–H and O–H groups in total. The highest BCUT2D eigenvalue weighted by molar-refractivity contribution is 7.16. The Bertz CT molecular complexity index is 1130. The van der Waals surface area contributed by atoms with Gasteiger partial charge in [0.05, 0.1) is 21.1 Å². The molecule has 0 bridgehead atoms. The van der Waals surface area contributed by atoms with Gasteiger partial charge in [0, 0.05) is 23.6 Å². The molecular formula is C21H20N4O2S4. The first-order chi connectivity index (χ1) is 15.1. The molecule has 0 aliphatic rings. The van der Waals surface area contributed by atoms with Gasteiger partial charge in [-0.05, 0) is 35.2 Å². The minimum atomic E-state index is -0.0835. The van der Waals surface area contributed by atoms with Gasteiger partial charge in [0.2, 0.25) is 11.8 Å². The summed E-state index contributed by atoms with van der Waals surface area (Å²) in [6, 6.07) is 7.97. The number of anilines is 2. The van der Waals surface area contributed by atoms with Gasteiger partial charge in [-0.3, -0.25) is 9.59 Å². The Kier molecular flexibility index (Phi) is 7.23. The fraction of sp³-hybridized carbons (Fsp3) is 0.238. The molecule has 1 atom stereocenters. The molecule has 31 heavy (non-hydrogen) atoms. The maximum absolute atomic E-state index is 12.3. The molecule has 0 fully saturated rings. The Morgan fingerprint density at radius 1 is 0.871 bits per heavy atom. The first-order valence-electron chi connectivity index (χ1n) is 9.65. The van der Waals surface area contributed by atoms with Crippen molar-refractivity contribution in [2.24, 2.45) is 5.92 Å². The second kappa shape index (κ2) is 10.3. The molecule has 0 aliphatic carbocycles. The molecule has 0 aliphatic heterocycles. The molecule has 160 valence electrons. The van der Waals surface area contributed by atoms with E-state index in [4.69, 9.17) is 0 Å². The van der Waals surface area contributed by atoms with E-state index in [1.54, 1.807) is 22.7 Å². The highest BCUT2D eigenvalue weighted by Crippen LogP contribution is 2.29. The van der Waals surface area contributed by atoms with Crippen molar-refractivity contribution in [1.29, 1.82) is 0 Å². The Labute approximate surface area is 196 Å². The first kappa shape index (κ1) is 21.8. The molecule has 2 amide bonds. The number of nitrogens with zero attached hydrogens (tertiary/aromatic N) is 2. The zero-order valence-corrected chi connectivity index (χ0v) is 19.9. The lowest BCUT2D eigenvalue weighted by Gasteiger charge is -2.10. The molecule has 0 radical (unpaired) electrons. The second-order valence-corrected chi connectivity index (χ2v) is 10.6. The van der Waals surface area contributed by atoms with Crippen LogP contribution in [0.3, 0.4) is 0 Å². The van der Waals surface area contributed by atoms with Gasteiger partial charge in [-0.2, -0.15) is 0 Å². The molecule has 0 saturated heterocycles. The zero-order valence-electron chi connectivity index (χ0n) is 16.7. The van der Waals surface area contributed by atoms with Crippen LogP contribution in [-0.2, 0) is 9.59 Å². The minimum absolute atomic E-state index is 0.0829. The molecular weight excluding hydrogens is 469 g/mol. The molecule has 10 heteroatoms. The summed E-state index contributed by atoms with van der Waals surface area (Å²) in [5.41, 5.74) is 1.76. The molecule has 1 unspecified atom stereocenters. The smallest absolute Gasteiger partial charge is 0.226 e. The Balaban J connectivity index is 1.19. The lowest BCUT2D eigenvalue weighted by molar-refractivity contribution is -0.118. The van der Waals surface area contributed by atoms with Crippen LogP contribution in [0, 0.1) is 5.92 Å². The highest BCUT2D eigenvalue weighted by Gasteiger charge is 2.15. The van der Waals surface area contributed by atoms with Crippen molar-refractivity contribution in [2.75, 3.05) is 10.6 Å². The van der Waals surface area contributed by atoms with Crippen LogP contribution in [0.25, 0.3) is 21.1 Å². The van der Waals surface area contributed by atoms with E-state index in [9.17, 15) is 9.59 Å². The van der Waals surface area contributed by atoms with Crippen LogP contribution in [-0.4, -0.2) is 21.8 Å². The third kappa shape index (κ3) is 6.07. The SMILES string of the molecule is CC(CCC(=O)Nc1nc(-c2cccs2)cs1)CC(=O)Nc1nc(-c2cccs2)cs1. The van der Waals surface area contributed by atoms with Crippen LogP contribution in [0.4, 0.5) is 10.3 Å². The number of thiazole rings is 2. The third-order valence-electron chi connectivity index (χ3n) is 4.45. The lowest BCUT2D eigenvalue weighted by atomic mass is 10.0. The average Bonchev–Trinajstić information content (AvgIpc) is 3.53. The number of carbonyl (C=O) groups excluding carboxylic acids is 2. The second-order valence-electron chi connectivity index (χ2n) is 6.97. The van der Waals surface area contributed by atoms with Crippen molar-refractivity contribution in [1.82, 2.24) is 9.97 Å². The summed E-state index contributed by atoms with van der Waals surface area (Å²) in [7, 11) is 0. The van der Waals surface area contributed by atoms with Crippen molar-refractivity contribution in [2.45, 2.75) is 26.2 Å². The van der Waals surface area contributed by atoms with Gasteiger partial charge in [-0.15, -0.1) is 45.3 Å². The molecule has 4 heterocycles. The van der Waals surface area contributed by atoms with E-state index < -0.39 is 0 Å². The van der Waals surface area contributed by atoms with E-state index in [2.05, 4.69) is 20.6 Å². The van der Waals surface area contributed by atoms with E-state index in [-0.39, 0.29) is 17.7 Å². The van der Waals surface area contributed by atoms with Crippen LogP contribution in [0.2, 0.25) is 0 Å². The Hall–Kier alpha value is -2.40. The number of rotatable bonds is 9. The molecule has 4 aromatic rings. The Morgan fingerprint density at radius 3 is 1.94 bits per heavy atom. The van der Waals surface area contributed by atoms with Crippen LogP contribution in [0.15, 0.2) is 45.8 Å². The molecule has 0 spiro atoms. The number of nitrogens with one attached hydrogen (secondary N) is 2. The lowest BCUT2D eigenvalue weighted by Crippen LogP contribution is -2.17. The van der Waals surface area contributed by atoms with Gasteiger partial charge < -0.3 is 10.6 Å². The van der Waals surface area contributed by atoms with Crippen molar-refractivity contribution >= 4 is 67.4 Å². The van der Waals surface area contributed by atoms with Gasteiger partial charge in [0.25, 0.3) is 0 Å². The summed E-state index contributed by atoms with van der Waals surface area (Å²) in [6.07, 6.45) is 1.32. The summed E-state index contributed by atoms with van der Waals surface area (Å²) in [5.74, 6) is -0.0826. The molecule has 0 aromatic carbocycles. The van der Waals surface area contributed by atoms with Crippen molar-refractivity contribution in [3.05, 3.63) is 45.8 Å². The summed E-state index contributed by atoms with van der Waals surface area (Å²) >= 11 is 6.07. The topological polar surface area (TPSA) is 84.0 Å². The average molecular weight is 489 g/mol. The quantitative estimate of drug-likeness (QED) is 0.284. The largest absolute Gasteiger partial charge is 0.302 e. The minimum Gasteiger partial charge on any atom is -0.302 e. The van der Waals surface area contributed by atoms with Crippen molar-refractivity contribution in [3.8, 4) is 21.1 Å². The highest BCUT2D eigenvalue weighted by atomic mass is 32.1. The van der Waals surface area contributed by atoms with E-state index in [0.29, 0.717) is 29.5 Å². The fourth-order valence-electron chi connectivity index (χ4n) is 2.89. The van der Waals surface area contributed by atoms with Crippen molar-refractivity contribution in [3.63, 3.8) is 0 Å². The first-order valence-corrected chi connectivity index (χ1v) is 13.2. The van der Waals surface area contributed by atoms with Gasteiger partial charge in [0.15, 0.2) is 10.3 Å². The van der Waals surface area contributed by atoms with Gasteiger partial charge in [-0.25, -0.2) is 9.97 Å². The number of hydrogen-bond acceptors (Lipinski definition) is 8. The summed E-state index contributed by atoms with van der Waals surface area (Å²) in [5, 5.41) is 14.8. The number of amides is 2. The van der Waals surface area contributed by atoms with E-state index in [0.717, 1.165) is 21.1 Å².